The van der Waals surface area contributed by atoms with Gasteiger partial charge in [-0.25, -0.2) is 8.78 Å². The van der Waals surface area contributed by atoms with E-state index in [4.69, 9.17) is 0 Å². The van der Waals surface area contributed by atoms with Crippen molar-refractivity contribution in [3.05, 3.63) is 88.5 Å². The van der Waals surface area contributed by atoms with Crippen LogP contribution in [0.15, 0.2) is 59.5 Å². The maximum Gasteiger partial charge on any atom is 0.242 e. The zero-order valence-electron chi connectivity index (χ0n) is 24.0. The minimum atomic E-state index is -1.40. The van der Waals surface area contributed by atoms with Crippen LogP contribution in [-0.2, 0) is 25.8 Å². The first-order chi connectivity index (χ1) is 19.2. The zero-order chi connectivity index (χ0) is 29.9. The van der Waals surface area contributed by atoms with Crippen molar-refractivity contribution in [2.24, 2.45) is 5.41 Å². The molecule has 3 aromatic rings. The summed E-state index contributed by atoms with van der Waals surface area (Å²) in [7, 11) is -1.40. The van der Waals surface area contributed by atoms with Gasteiger partial charge in [0.05, 0.1) is 11.7 Å². The Morgan fingerprint density at radius 2 is 1.80 bits per heavy atom. The highest BCUT2D eigenvalue weighted by atomic mass is 32.2. The minimum Gasteiger partial charge on any atom is -0.325 e. The van der Waals surface area contributed by atoms with E-state index >= 15 is 4.39 Å². The molecule has 1 spiro atoms. The Labute approximate surface area is 241 Å². The molecule has 2 amide bonds. The summed E-state index contributed by atoms with van der Waals surface area (Å²) in [4.78, 5) is 28.6. The summed E-state index contributed by atoms with van der Waals surface area (Å²) in [5.41, 5.74) is 1.29. The zero-order valence-corrected chi connectivity index (χ0v) is 24.8. The molecular formula is C32H35F2N3O3S. The van der Waals surface area contributed by atoms with E-state index in [1.165, 1.54) is 18.4 Å². The molecule has 3 N–H and O–H groups in total. The third-order valence-corrected chi connectivity index (χ3v) is 9.10. The van der Waals surface area contributed by atoms with Crippen LogP contribution in [0.3, 0.4) is 0 Å². The van der Waals surface area contributed by atoms with Crippen molar-refractivity contribution in [1.82, 2.24) is 5.32 Å². The molecule has 0 saturated carbocycles. The second-order valence-corrected chi connectivity index (χ2v) is 13.8. The second kappa shape index (κ2) is 10.4. The molecule has 0 aromatic heterocycles. The molecule has 3 unspecified atom stereocenters. The Kier molecular flexibility index (Phi) is 7.40. The van der Waals surface area contributed by atoms with Crippen LogP contribution >= 0.6 is 0 Å². The molecule has 3 aromatic carbocycles. The molecule has 2 aliphatic heterocycles. The first-order valence-corrected chi connectivity index (χ1v) is 15.2. The lowest BCUT2D eigenvalue weighted by Gasteiger charge is -2.37. The lowest BCUT2D eigenvalue weighted by atomic mass is 9.62. The normalized spacial score (nSPS) is 24.3. The number of aryl methyl sites for hydroxylation is 2. The van der Waals surface area contributed by atoms with Crippen LogP contribution in [0.25, 0.3) is 0 Å². The number of fused-ring (bicyclic) bond motifs is 2. The minimum absolute atomic E-state index is 0.0883. The fourth-order valence-electron chi connectivity index (χ4n) is 6.43. The second-order valence-electron chi connectivity index (χ2n) is 12.4. The molecule has 5 atom stereocenters. The topological polar surface area (TPSA) is 87.3 Å². The number of anilines is 2. The van der Waals surface area contributed by atoms with Gasteiger partial charge in [0.25, 0.3) is 0 Å². The standard InChI is InChI=1S/C32H35F2N3O3S/c1-17-10-12-21-24(14-17)36-30(39)32(21)25(16-31(3,4)5)37-28(26(32)20-9-7-8-18(2)27(20)34)29(38)35-23-13-11-19(41(6)40)15-22(23)33/h7-15,25-26,28,37H,16H2,1-6H3,(H,35,38)(H,36,39)/t25?,26?,28-,32-,41?/m1/s1. The van der Waals surface area contributed by atoms with Gasteiger partial charge in [-0.05, 0) is 72.2 Å². The number of hydrogen-bond acceptors (Lipinski definition) is 4. The molecule has 5 rings (SSSR count). The molecule has 2 heterocycles. The number of carbonyl (C=O) groups excluding carboxylic acids is 2. The molecule has 0 bridgehead atoms. The van der Waals surface area contributed by atoms with Crippen molar-refractivity contribution < 1.29 is 22.6 Å². The van der Waals surface area contributed by atoms with Crippen LogP contribution in [0.4, 0.5) is 20.2 Å². The van der Waals surface area contributed by atoms with Gasteiger partial charge in [0.2, 0.25) is 11.8 Å². The number of rotatable bonds is 5. The fraction of sp³-hybridized carbons (Fsp3) is 0.375. The molecular weight excluding hydrogens is 544 g/mol. The van der Waals surface area contributed by atoms with Crippen molar-refractivity contribution in [3.63, 3.8) is 0 Å². The summed E-state index contributed by atoms with van der Waals surface area (Å²) in [5.74, 6) is -3.06. The smallest absolute Gasteiger partial charge is 0.242 e. The molecule has 0 radical (unpaired) electrons. The predicted octanol–water partition coefficient (Wildman–Crippen LogP) is 5.71. The first-order valence-electron chi connectivity index (χ1n) is 13.6. The van der Waals surface area contributed by atoms with Gasteiger partial charge in [-0.15, -0.1) is 0 Å². The van der Waals surface area contributed by atoms with Crippen molar-refractivity contribution >= 4 is 34.0 Å². The van der Waals surface area contributed by atoms with Crippen molar-refractivity contribution in [1.29, 1.82) is 0 Å². The third-order valence-electron chi connectivity index (χ3n) is 8.18. The van der Waals surface area contributed by atoms with Crippen molar-refractivity contribution in [3.8, 4) is 0 Å². The number of nitrogens with one attached hydrogen (secondary N) is 3. The summed E-state index contributed by atoms with van der Waals surface area (Å²) in [6.07, 6.45) is 1.95. The number of halogens is 2. The van der Waals surface area contributed by atoms with Crippen LogP contribution in [0, 0.1) is 30.9 Å². The van der Waals surface area contributed by atoms with Gasteiger partial charge in [0, 0.05) is 39.6 Å². The van der Waals surface area contributed by atoms with Crippen LogP contribution in [-0.4, -0.2) is 34.4 Å². The molecule has 216 valence electrons. The van der Waals surface area contributed by atoms with E-state index in [9.17, 15) is 18.2 Å². The van der Waals surface area contributed by atoms with Gasteiger partial charge in [0.15, 0.2) is 0 Å². The average Bonchev–Trinajstić information content (AvgIpc) is 3.35. The molecule has 1 fully saturated rings. The number of benzene rings is 3. The maximum atomic E-state index is 16.0. The lowest BCUT2D eigenvalue weighted by molar-refractivity contribution is -0.122. The molecule has 6 nitrogen and oxygen atoms in total. The summed E-state index contributed by atoms with van der Waals surface area (Å²) >= 11 is 0. The Morgan fingerprint density at radius 3 is 2.46 bits per heavy atom. The summed E-state index contributed by atoms with van der Waals surface area (Å²) in [6, 6.07) is 13.1. The van der Waals surface area contributed by atoms with Crippen molar-refractivity contribution in [2.45, 2.75) is 69.4 Å². The van der Waals surface area contributed by atoms with Gasteiger partial charge in [0.1, 0.15) is 17.0 Å². The van der Waals surface area contributed by atoms with E-state index in [1.54, 1.807) is 25.1 Å². The van der Waals surface area contributed by atoms with Gasteiger partial charge in [-0.2, -0.15) is 0 Å². The highest BCUT2D eigenvalue weighted by molar-refractivity contribution is 7.84. The lowest BCUT2D eigenvalue weighted by Crippen LogP contribution is -2.49. The Bertz CT molecular complexity index is 1580. The highest BCUT2D eigenvalue weighted by Crippen LogP contribution is 2.57. The van der Waals surface area contributed by atoms with Crippen molar-refractivity contribution in [2.75, 3.05) is 16.9 Å². The molecule has 0 aliphatic carbocycles. The van der Waals surface area contributed by atoms with E-state index in [1.807, 2.05) is 25.1 Å². The average molecular weight is 580 g/mol. The number of hydrogen-bond donors (Lipinski definition) is 3. The third kappa shape index (κ3) is 4.99. The number of carbonyl (C=O) groups is 2. The van der Waals surface area contributed by atoms with E-state index in [0.717, 1.165) is 11.6 Å². The molecule has 41 heavy (non-hydrogen) atoms. The predicted molar refractivity (Wildman–Crippen MR) is 158 cm³/mol. The summed E-state index contributed by atoms with van der Waals surface area (Å²) in [5, 5.41) is 9.11. The molecule has 1 saturated heterocycles. The Morgan fingerprint density at radius 1 is 1.07 bits per heavy atom. The summed E-state index contributed by atoms with van der Waals surface area (Å²) < 4.78 is 42.8. The van der Waals surface area contributed by atoms with Gasteiger partial charge in [-0.1, -0.05) is 51.1 Å². The monoisotopic (exact) mass is 579 g/mol. The number of amides is 2. The van der Waals surface area contributed by atoms with Gasteiger partial charge >= 0.3 is 0 Å². The van der Waals surface area contributed by atoms with E-state index in [2.05, 4.69) is 36.7 Å². The van der Waals surface area contributed by atoms with Crippen LogP contribution in [0.1, 0.15) is 55.4 Å². The first kappa shape index (κ1) is 29.1. The van der Waals surface area contributed by atoms with Crippen LogP contribution in [0.5, 0.6) is 0 Å². The van der Waals surface area contributed by atoms with E-state index < -0.39 is 51.8 Å². The summed E-state index contributed by atoms with van der Waals surface area (Å²) in [6.45, 7) is 9.73. The van der Waals surface area contributed by atoms with E-state index in [-0.39, 0.29) is 27.5 Å². The quantitative estimate of drug-likeness (QED) is 0.362. The largest absolute Gasteiger partial charge is 0.325 e. The molecule has 2 aliphatic rings. The van der Waals surface area contributed by atoms with Crippen LogP contribution in [0.2, 0.25) is 0 Å². The maximum absolute atomic E-state index is 16.0. The fourth-order valence-corrected chi connectivity index (χ4v) is 6.96. The van der Waals surface area contributed by atoms with Gasteiger partial charge < -0.3 is 16.0 Å². The Balaban J connectivity index is 1.70. The molecule has 9 heteroatoms. The van der Waals surface area contributed by atoms with Gasteiger partial charge in [-0.3, -0.25) is 13.8 Å². The van der Waals surface area contributed by atoms with E-state index in [0.29, 0.717) is 23.2 Å². The highest BCUT2D eigenvalue weighted by Gasteiger charge is 2.66. The Hall–Kier alpha value is -3.43. The SMILES string of the molecule is Cc1ccc2c(c1)NC(=O)[C@@]21C(CC(C)(C)C)N[C@@H](C(=O)Nc2ccc(S(C)=O)cc2F)C1c1cccc(C)c1F. The van der Waals surface area contributed by atoms with Crippen LogP contribution < -0.4 is 16.0 Å².